The van der Waals surface area contributed by atoms with E-state index in [9.17, 15) is 13.2 Å². The van der Waals surface area contributed by atoms with Crippen molar-refractivity contribution in [2.45, 2.75) is 12.8 Å². The van der Waals surface area contributed by atoms with Crippen molar-refractivity contribution in [2.24, 2.45) is 5.92 Å². The minimum atomic E-state index is -3.39. The molecule has 1 N–H and O–H groups in total. The van der Waals surface area contributed by atoms with Gasteiger partial charge in [0.2, 0.25) is 5.91 Å². The molecule has 3 fully saturated rings. The lowest BCUT2D eigenvalue weighted by atomic mass is 9.96. The van der Waals surface area contributed by atoms with E-state index >= 15 is 0 Å². The van der Waals surface area contributed by atoms with Crippen molar-refractivity contribution in [3.05, 3.63) is 0 Å². The molecule has 3 heterocycles. The van der Waals surface area contributed by atoms with Crippen LogP contribution in [0.1, 0.15) is 12.8 Å². The third-order valence-corrected chi connectivity index (χ3v) is 7.39. The van der Waals surface area contributed by atoms with Gasteiger partial charge in [-0.2, -0.15) is 17.0 Å². The standard InChI is InChI=1S/C15H29N5O3S.ClH/c1-17-6-10-19(11-7-17)24(22,23)20-12-8-18(9-13-20)15(21)14-2-4-16-5-3-14;/h14,16H,2-13H2,1H3;1H. The third-order valence-electron chi connectivity index (χ3n) is 5.35. The molecule has 0 bridgehead atoms. The average Bonchev–Trinajstić information content (AvgIpc) is 2.62. The Morgan fingerprint density at radius 3 is 1.88 bits per heavy atom. The minimum absolute atomic E-state index is 0. The van der Waals surface area contributed by atoms with E-state index in [0.29, 0.717) is 39.3 Å². The predicted octanol–water partition coefficient (Wildman–Crippen LogP) is -0.956. The number of rotatable bonds is 3. The molecule has 0 aromatic rings. The van der Waals surface area contributed by atoms with Crippen molar-refractivity contribution in [2.75, 3.05) is 72.5 Å². The Bertz CT molecular complexity index is 539. The van der Waals surface area contributed by atoms with Gasteiger partial charge < -0.3 is 15.1 Å². The van der Waals surface area contributed by atoms with E-state index in [-0.39, 0.29) is 24.2 Å². The summed E-state index contributed by atoms with van der Waals surface area (Å²) >= 11 is 0. The maximum Gasteiger partial charge on any atom is 0.282 e. The quantitative estimate of drug-likeness (QED) is 0.666. The molecule has 1 amide bonds. The lowest BCUT2D eigenvalue weighted by Gasteiger charge is -2.40. The molecule has 0 unspecified atom stereocenters. The van der Waals surface area contributed by atoms with Gasteiger partial charge in [-0.15, -0.1) is 12.4 Å². The Labute approximate surface area is 157 Å². The van der Waals surface area contributed by atoms with Crippen molar-refractivity contribution in [3.8, 4) is 0 Å². The van der Waals surface area contributed by atoms with Crippen molar-refractivity contribution in [1.29, 1.82) is 0 Å². The van der Waals surface area contributed by atoms with Crippen LogP contribution in [0.15, 0.2) is 0 Å². The second kappa shape index (κ2) is 8.96. The summed E-state index contributed by atoms with van der Waals surface area (Å²) in [6.45, 7) is 6.27. The number of hydrogen-bond donors (Lipinski definition) is 1. The van der Waals surface area contributed by atoms with Gasteiger partial charge in [-0.25, -0.2) is 0 Å². The number of piperidine rings is 1. The number of piperazine rings is 2. The van der Waals surface area contributed by atoms with Crippen LogP contribution in [0.25, 0.3) is 0 Å². The van der Waals surface area contributed by atoms with Crippen LogP contribution < -0.4 is 5.32 Å². The normalized spacial score (nSPS) is 25.6. The molecular weight excluding hydrogens is 366 g/mol. The van der Waals surface area contributed by atoms with E-state index in [1.165, 1.54) is 0 Å². The highest BCUT2D eigenvalue weighted by Gasteiger charge is 2.35. The highest BCUT2D eigenvalue weighted by atomic mass is 35.5. The molecule has 0 saturated carbocycles. The van der Waals surface area contributed by atoms with Crippen LogP contribution in [0.3, 0.4) is 0 Å². The van der Waals surface area contributed by atoms with Gasteiger partial charge in [-0.1, -0.05) is 0 Å². The summed E-state index contributed by atoms with van der Waals surface area (Å²) in [7, 11) is -1.38. The molecule has 8 nitrogen and oxygen atoms in total. The molecule has 10 heteroatoms. The summed E-state index contributed by atoms with van der Waals surface area (Å²) in [5, 5.41) is 3.27. The molecule has 0 aromatic heterocycles. The Hall–Kier alpha value is -0.450. The highest BCUT2D eigenvalue weighted by molar-refractivity contribution is 7.86. The van der Waals surface area contributed by atoms with E-state index < -0.39 is 10.2 Å². The molecule has 0 aromatic carbocycles. The summed E-state index contributed by atoms with van der Waals surface area (Å²) in [6, 6.07) is 0. The molecule has 3 saturated heterocycles. The van der Waals surface area contributed by atoms with Crippen LogP contribution in [-0.4, -0.2) is 105 Å². The topological polar surface area (TPSA) is 76.2 Å². The lowest BCUT2D eigenvalue weighted by Crippen LogP contribution is -2.57. The van der Waals surface area contributed by atoms with Crippen LogP contribution in [0.4, 0.5) is 0 Å². The predicted molar refractivity (Wildman–Crippen MR) is 99.0 cm³/mol. The van der Waals surface area contributed by atoms with E-state index in [2.05, 4.69) is 10.2 Å². The molecule has 3 rings (SSSR count). The molecule has 0 aliphatic carbocycles. The van der Waals surface area contributed by atoms with Gasteiger partial charge in [0, 0.05) is 58.3 Å². The summed E-state index contributed by atoms with van der Waals surface area (Å²) in [6.07, 6.45) is 1.78. The number of carbonyl (C=O) groups excluding carboxylic acids is 1. The van der Waals surface area contributed by atoms with Crippen LogP contribution in [0.2, 0.25) is 0 Å². The van der Waals surface area contributed by atoms with Crippen molar-refractivity contribution in [1.82, 2.24) is 23.7 Å². The average molecular weight is 396 g/mol. The first-order chi connectivity index (χ1) is 11.5. The molecular formula is C15H30ClN5O3S. The smallest absolute Gasteiger partial charge is 0.282 e. The number of halogens is 1. The van der Waals surface area contributed by atoms with Crippen molar-refractivity contribution >= 4 is 28.5 Å². The van der Waals surface area contributed by atoms with Gasteiger partial charge in [0.1, 0.15) is 0 Å². The zero-order chi connectivity index (χ0) is 17.2. The monoisotopic (exact) mass is 395 g/mol. The first-order valence-corrected chi connectivity index (χ1v) is 10.3. The fraction of sp³-hybridized carbons (Fsp3) is 0.933. The van der Waals surface area contributed by atoms with Crippen molar-refractivity contribution in [3.63, 3.8) is 0 Å². The van der Waals surface area contributed by atoms with Gasteiger partial charge in [0.05, 0.1) is 0 Å². The number of carbonyl (C=O) groups is 1. The Balaban J connectivity index is 0.00000225. The van der Waals surface area contributed by atoms with Crippen molar-refractivity contribution < 1.29 is 13.2 Å². The molecule has 0 spiro atoms. The van der Waals surface area contributed by atoms with Gasteiger partial charge in [0.15, 0.2) is 0 Å². The van der Waals surface area contributed by atoms with Crippen LogP contribution in [0, 0.1) is 5.92 Å². The summed E-state index contributed by atoms with van der Waals surface area (Å²) in [5.74, 6) is 0.306. The number of amides is 1. The Morgan fingerprint density at radius 1 is 0.880 bits per heavy atom. The molecule has 25 heavy (non-hydrogen) atoms. The van der Waals surface area contributed by atoms with Crippen LogP contribution >= 0.6 is 12.4 Å². The second-order valence-electron chi connectivity index (χ2n) is 6.96. The molecule has 146 valence electrons. The Morgan fingerprint density at radius 2 is 1.36 bits per heavy atom. The van der Waals surface area contributed by atoms with E-state index in [0.717, 1.165) is 39.0 Å². The van der Waals surface area contributed by atoms with Gasteiger partial charge in [-0.05, 0) is 33.0 Å². The van der Waals surface area contributed by atoms with E-state index in [1.807, 2.05) is 11.9 Å². The number of likely N-dealkylation sites (N-methyl/N-ethyl adjacent to an activating group) is 1. The minimum Gasteiger partial charge on any atom is -0.340 e. The number of nitrogens with one attached hydrogen (secondary N) is 1. The summed E-state index contributed by atoms with van der Waals surface area (Å²) < 4.78 is 28.6. The first-order valence-electron chi connectivity index (χ1n) is 8.92. The number of hydrogen-bond acceptors (Lipinski definition) is 5. The largest absolute Gasteiger partial charge is 0.340 e. The lowest BCUT2D eigenvalue weighted by molar-refractivity contribution is -0.137. The van der Waals surface area contributed by atoms with Crippen LogP contribution in [0.5, 0.6) is 0 Å². The zero-order valence-electron chi connectivity index (χ0n) is 14.9. The maximum atomic E-state index is 12.7. The SMILES string of the molecule is CN1CCN(S(=O)(=O)N2CCN(C(=O)C3CCNCC3)CC2)CC1.Cl. The van der Waals surface area contributed by atoms with Gasteiger partial charge >= 0.3 is 0 Å². The summed E-state index contributed by atoms with van der Waals surface area (Å²) in [4.78, 5) is 16.6. The third kappa shape index (κ3) is 4.84. The molecule has 0 radical (unpaired) electrons. The maximum absolute atomic E-state index is 12.7. The van der Waals surface area contributed by atoms with Crippen LogP contribution in [-0.2, 0) is 15.0 Å². The van der Waals surface area contributed by atoms with Gasteiger partial charge in [0.25, 0.3) is 10.2 Å². The fourth-order valence-electron chi connectivity index (χ4n) is 3.65. The molecule has 3 aliphatic heterocycles. The number of nitrogens with zero attached hydrogens (tertiary/aromatic N) is 4. The van der Waals surface area contributed by atoms with Gasteiger partial charge in [-0.3, -0.25) is 4.79 Å². The fourth-order valence-corrected chi connectivity index (χ4v) is 5.22. The van der Waals surface area contributed by atoms with E-state index in [1.54, 1.807) is 8.61 Å². The molecule has 0 atom stereocenters. The summed E-state index contributed by atoms with van der Waals surface area (Å²) in [5.41, 5.74) is 0. The Kier molecular flexibility index (Phi) is 7.48. The van der Waals surface area contributed by atoms with E-state index in [4.69, 9.17) is 0 Å². The second-order valence-corrected chi connectivity index (χ2v) is 8.89. The highest BCUT2D eigenvalue weighted by Crippen LogP contribution is 2.19. The first kappa shape index (κ1) is 20.9. The molecule has 3 aliphatic rings. The zero-order valence-corrected chi connectivity index (χ0v) is 16.5.